The standard InChI is InChI=1S/C45H87NO4/c1-3-4-5-6-7-8-9-10-11-12-13-14-19-24-29-34-39-46-40-35-30-25-20-15-17-22-27-32-37-44(47)49-42-43(2)50-45(48)38-33-28-23-18-16-21-26-31-36-41-46/h43H,3-42H2,1-2H3. The summed E-state index contributed by atoms with van der Waals surface area (Å²) in [5.74, 6) is -0.331. The first kappa shape index (κ1) is 46.9. The van der Waals surface area contributed by atoms with E-state index < -0.39 is 0 Å². The minimum atomic E-state index is -0.367. The van der Waals surface area contributed by atoms with E-state index in [1.807, 2.05) is 6.92 Å². The van der Waals surface area contributed by atoms with Gasteiger partial charge in [0, 0.05) is 12.8 Å². The molecule has 1 aliphatic rings. The van der Waals surface area contributed by atoms with Crippen LogP contribution in [-0.2, 0) is 19.1 Å². The number of hydrogen-bond donors (Lipinski definition) is 0. The van der Waals surface area contributed by atoms with E-state index in [1.165, 1.54) is 212 Å². The summed E-state index contributed by atoms with van der Waals surface area (Å²) in [5.41, 5.74) is 0. The number of nitrogens with zero attached hydrogens (tertiary/aromatic N) is 1. The van der Waals surface area contributed by atoms with E-state index in [2.05, 4.69) is 11.8 Å². The zero-order chi connectivity index (χ0) is 36.0. The van der Waals surface area contributed by atoms with E-state index >= 15 is 0 Å². The van der Waals surface area contributed by atoms with Crippen LogP contribution >= 0.6 is 0 Å². The van der Waals surface area contributed by atoms with Gasteiger partial charge < -0.3 is 14.4 Å². The molecule has 5 nitrogen and oxygen atoms in total. The summed E-state index contributed by atoms with van der Waals surface area (Å²) in [6.07, 6.45) is 46.0. The fourth-order valence-corrected chi connectivity index (χ4v) is 7.50. The van der Waals surface area contributed by atoms with Crippen LogP contribution < -0.4 is 0 Å². The van der Waals surface area contributed by atoms with Crippen LogP contribution in [0.2, 0.25) is 0 Å². The first-order valence-electron chi connectivity index (χ1n) is 22.7. The first-order chi connectivity index (χ1) is 24.6. The normalized spacial score (nSPS) is 20.6. The van der Waals surface area contributed by atoms with E-state index in [1.54, 1.807) is 0 Å². The van der Waals surface area contributed by atoms with Crippen LogP contribution in [0.25, 0.3) is 0 Å². The Hall–Kier alpha value is -1.10. The predicted molar refractivity (Wildman–Crippen MR) is 215 cm³/mol. The van der Waals surface area contributed by atoms with Crippen molar-refractivity contribution in [2.24, 2.45) is 0 Å². The van der Waals surface area contributed by atoms with Crippen LogP contribution in [0.4, 0.5) is 0 Å². The van der Waals surface area contributed by atoms with Crippen molar-refractivity contribution in [1.82, 2.24) is 4.90 Å². The van der Waals surface area contributed by atoms with Crippen molar-refractivity contribution in [2.75, 3.05) is 26.2 Å². The molecular formula is C45H87NO4. The van der Waals surface area contributed by atoms with E-state index in [9.17, 15) is 9.59 Å². The summed E-state index contributed by atoms with van der Waals surface area (Å²) >= 11 is 0. The zero-order valence-corrected chi connectivity index (χ0v) is 33.9. The van der Waals surface area contributed by atoms with Gasteiger partial charge in [-0.1, -0.05) is 193 Å². The molecule has 1 atom stereocenters. The Morgan fingerprint density at radius 3 is 1.22 bits per heavy atom. The molecule has 5 heteroatoms. The second-order valence-electron chi connectivity index (χ2n) is 16.0. The first-order valence-corrected chi connectivity index (χ1v) is 22.7. The van der Waals surface area contributed by atoms with Gasteiger partial charge in [0.05, 0.1) is 0 Å². The SMILES string of the molecule is CCCCCCCCCCCCCCCCCCN1CCCCCCCCCCCC(=O)OCC(C)OC(=O)CCCCCCCCCCC1. The molecule has 1 unspecified atom stereocenters. The van der Waals surface area contributed by atoms with E-state index in [4.69, 9.17) is 9.47 Å². The van der Waals surface area contributed by atoms with Gasteiger partial charge in [0.25, 0.3) is 0 Å². The van der Waals surface area contributed by atoms with E-state index in [-0.39, 0.29) is 24.6 Å². The van der Waals surface area contributed by atoms with Gasteiger partial charge in [0.1, 0.15) is 12.7 Å². The van der Waals surface area contributed by atoms with Crippen molar-refractivity contribution >= 4 is 11.9 Å². The van der Waals surface area contributed by atoms with Gasteiger partial charge in [-0.2, -0.15) is 0 Å². The smallest absolute Gasteiger partial charge is 0.306 e. The minimum absolute atomic E-state index is 0.165. The molecule has 1 saturated heterocycles. The van der Waals surface area contributed by atoms with Crippen molar-refractivity contribution in [1.29, 1.82) is 0 Å². The lowest BCUT2D eigenvalue weighted by molar-refractivity contribution is -0.158. The lowest BCUT2D eigenvalue weighted by Crippen LogP contribution is -2.27. The maximum absolute atomic E-state index is 12.1. The van der Waals surface area contributed by atoms with Crippen molar-refractivity contribution in [3.05, 3.63) is 0 Å². The molecule has 0 aromatic heterocycles. The molecule has 0 bridgehead atoms. The Morgan fingerprint density at radius 2 is 0.800 bits per heavy atom. The number of hydrogen-bond acceptors (Lipinski definition) is 5. The monoisotopic (exact) mass is 706 g/mol. The van der Waals surface area contributed by atoms with Gasteiger partial charge in [-0.15, -0.1) is 0 Å². The molecule has 0 aliphatic carbocycles. The fraction of sp³-hybridized carbons (Fsp3) is 0.956. The van der Waals surface area contributed by atoms with Crippen LogP contribution in [0.15, 0.2) is 0 Å². The third-order valence-electron chi connectivity index (χ3n) is 10.9. The van der Waals surface area contributed by atoms with Gasteiger partial charge in [0.15, 0.2) is 0 Å². The molecule has 1 fully saturated rings. The average molecular weight is 706 g/mol. The highest BCUT2D eigenvalue weighted by Gasteiger charge is 2.12. The van der Waals surface area contributed by atoms with Crippen molar-refractivity contribution in [2.45, 2.75) is 251 Å². The minimum Gasteiger partial charge on any atom is -0.462 e. The number of unbranched alkanes of at least 4 members (excludes halogenated alkanes) is 15. The summed E-state index contributed by atoms with van der Waals surface area (Å²) in [6.45, 7) is 8.17. The number of rotatable bonds is 17. The molecule has 296 valence electrons. The van der Waals surface area contributed by atoms with Gasteiger partial charge in [-0.25, -0.2) is 0 Å². The Kier molecular flexibility index (Phi) is 35.3. The van der Waals surface area contributed by atoms with Crippen molar-refractivity contribution in [3.63, 3.8) is 0 Å². The van der Waals surface area contributed by atoms with Crippen LogP contribution in [0, 0.1) is 0 Å². The summed E-state index contributed by atoms with van der Waals surface area (Å²) in [5, 5.41) is 0. The highest BCUT2D eigenvalue weighted by Crippen LogP contribution is 2.16. The van der Waals surface area contributed by atoms with Gasteiger partial charge in [0.2, 0.25) is 0 Å². The number of cyclic esters (lactones) is 2. The number of carbonyl (C=O) groups excluding carboxylic acids is 2. The summed E-state index contributed by atoms with van der Waals surface area (Å²) in [4.78, 5) is 27.0. The Labute approximate surface area is 312 Å². The lowest BCUT2D eigenvalue weighted by Gasteiger charge is -2.22. The second kappa shape index (κ2) is 37.7. The molecule has 0 spiro atoms. The molecule has 0 amide bonds. The predicted octanol–water partition coefficient (Wildman–Crippen LogP) is 13.8. The summed E-state index contributed by atoms with van der Waals surface area (Å²) in [6, 6.07) is 0. The zero-order valence-electron chi connectivity index (χ0n) is 33.9. The molecule has 1 rings (SSSR count). The topological polar surface area (TPSA) is 55.8 Å². The third-order valence-corrected chi connectivity index (χ3v) is 10.9. The Balaban J connectivity index is 2.23. The fourth-order valence-electron chi connectivity index (χ4n) is 7.50. The van der Waals surface area contributed by atoms with Crippen LogP contribution in [0.5, 0.6) is 0 Å². The third kappa shape index (κ3) is 34.0. The van der Waals surface area contributed by atoms with Crippen LogP contribution in [0.3, 0.4) is 0 Å². The van der Waals surface area contributed by atoms with Crippen molar-refractivity contribution in [3.8, 4) is 0 Å². The number of ether oxygens (including phenoxy) is 2. The molecule has 0 aromatic carbocycles. The molecular weight excluding hydrogens is 618 g/mol. The molecule has 1 aliphatic heterocycles. The van der Waals surface area contributed by atoms with Gasteiger partial charge in [-0.3, -0.25) is 9.59 Å². The summed E-state index contributed by atoms with van der Waals surface area (Å²) < 4.78 is 10.8. The molecule has 1 heterocycles. The highest BCUT2D eigenvalue weighted by atomic mass is 16.6. The summed E-state index contributed by atoms with van der Waals surface area (Å²) in [7, 11) is 0. The lowest BCUT2D eigenvalue weighted by atomic mass is 10.0. The Morgan fingerprint density at radius 1 is 0.460 bits per heavy atom. The van der Waals surface area contributed by atoms with Crippen LogP contribution in [-0.4, -0.2) is 49.2 Å². The van der Waals surface area contributed by atoms with E-state index in [0.29, 0.717) is 12.8 Å². The molecule has 0 radical (unpaired) electrons. The molecule has 0 N–H and O–H groups in total. The Bertz CT molecular complexity index is 728. The molecule has 0 saturated carbocycles. The van der Waals surface area contributed by atoms with Gasteiger partial charge >= 0.3 is 11.9 Å². The maximum atomic E-state index is 12.1. The van der Waals surface area contributed by atoms with Crippen molar-refractivity contribution < 1.29 is 19.1 Å². The highest BCUT2D eigenvalue weighted by molar-refractivity contribution is 5.70. The number of esters is 2. The van der Waals surface area contributed by atoms with E-state index in [0.717, 1.165) is 25.7 Å². The van der Waals surface area contributed by atoms with Gasteiger partial charge in [-0.05, 0) is 58.7 Å². The number of carbonyl (C=O) groups is 2. The quantitative estimate of drug-likeness (QED) is 0.111. The molecule has 0 aromatic rings. The average Bonchev–Trinajstić information content (AvgIpc) is 3.10. The molecule has 50 heavy (non-hydrogen) atoms. The maximum Gasteiger partial charge on any atom is 0.306 e. The largest absolute Gasteiger partial charge is 0.462 e. The van der Waals surface area contributed by atoms with Crippen LogP contribution in [0.1, 0.15) is 245 Å². The second-order valence-corrected chi connectivity index (χ2v) is 16.0.